The molecule has 0 bridgehead atoms. The monoisotopic (exact) mass is 314 g/mol. The van der Waals surface area contributed by atoms with Gasteiger partial charge in [-0.05, 0) is 28.8 Å². The van der Waals surface area contributed by atoms with Gasteiger partial charge in [0.05, 0.1) is 16.6 Å². The van der Waals surface area contributed by atoms with Crippen LogP contribution in [0.4, 0.5) is 0 Å². The molecule has 1 saturated heterocycles. The van der Waals surface area contributed by atoms with Crippen molar-refractivity contribution in [2.45, 2.75) is 19.4 Å². The molecule has 2 amide bonds. The molecule has 2 rings (SSSR count). The van der Waals surface area contributed by atoms with E-state index in [1.165, 1.54) is 0 Å². The first-order chi connectivity index (χ1) is 8.56. The molecule has 1 aromatic rings. The van der Waals surface area contributed by atoms with E-state index >= 15 is 0 Å². The van der Waals surface area contributed by atoms with E-state index in [-0.39, 0.29) is 24.3 Å². The molecule has 0 radical (unpaired) electrons. The van der Waals surface area contributed by atoms with Crippen LogP contribution >= 0.6 is 15.9 Å². The minimum absolute atomic E-state index is 0.0310. The smallest absolute Gasteiger partial charge is 0.244 e. The minimum atomic E-state index is -0.325. The number of nitrogens with zero attached hydrogens (tertiary/aromatic N) is 3. The lowest BCUT2D eigenvalue weighted by Crippen LogP contribution is -2.45. The molecule has 2 heterocycles. The number of likely N-dealkylation sites (tertiary alicyclic amines) is 1. The van der Waals surface area contributed by atoms with Gasteiger partial charge in [0.2, 0.25) is 11.8 Å². The molecule has 1 fully saturated rings. The van der Waals surface area contributed by atoms with Crippen LogP contribution in [0.5, 0.6) is 0 Å². The van der Waals surface area contributed by atoms with E-state index in [1.54, 1.807) is 22.0 Å². The Morgan fingerprint density at radius 1 is 1.56 bits per heavy atom. The van der Waals surface area contributed by atoms with Crippen molar-refractivity contribution in [1.82, 2.24) is 14.7 Å². The highest BCUT2D eigenvalue weighted by Gasteiger charge is 2.26. The van der Waals surface area contributed by atoms with Crippen molar-refractivity contribution in [3.63, 3.8) is 0 Å². The summed E-state index contributed by atoms with van der Waals surface area (Å²) in [4.78, 5) is 24.9. The van der Waals surface area contributed by atoms with Gasteiger partial charge in [-0.1, -0.05) is 0 Å². The van der Waals surface area contributed by atoms with E-state index in [2.05, 4.69) is 21.0 Å². The fourth-order valence-electron chi connectivity index (χ4n) is 2.10. The number of halogens is 1. The molecule has 2 N–H and O–H groups in total. The van der Waals surface area contributed by atoms with Crippen LogP contribution in [-0.2, 0) is 16.1 Å². The third-order valence-electron chi connectivity index (χ3n) is 3.08. The van der Waals surface area contributed by atoms with Gasteiger partial charge in [-0.2, -0.15) is 5.10 Å². The van der Waals surface area contributed by atoms with Gasteiger partial charge in [-0.3, -0.25) is 14.3 Å². The highest BCUT2D eigenvalue weighted by atomic mass is 79.9. The Bertz CT molecular complexity index is 460. The molecular weight excluding hydrogens is 300 g/mol. The second kappa shape index (κ2) is 5.51. The largest absolute Gasteiger partial charge is 0.369 e. The zero-order valence-electron chi connectivity index (χ0n) is 9.88. The third kappa shape index (κ3) is 3.10. The molecule has 98 valence electrons. The number of carbonyl (C=O) groups excluding carboxylic acids is 2. The molecule has 18 heavy (non-hydrogen) atoms. The van der Waals surface area contributed by atoms with Gasteiger partial charge in [-0.25, -0.2) is 0 Å². The molecular formula is C11H15BrN4O2. The average molecular weight is 315 g/mol. The Labute approximate surface area is 113 Å². The minimum Gasteiger partial charge on any atom is -0.369 e. The average Bonchev–Trinajstić information content (AvgIpc) is 2.75. The van der Waals surface area contributed by atoms with Crippen LogP contribution in [0.2, 0.25) is 0 Å². The summed E-state index contributed by atoms with van der Waals surface area (Å²) in [5.74, 6) is -0.571. The quantitative estimate of drug-likeness (QED) is 0.875. The summed E-state index contributed by atoms with van der Waals surface area (Å²) in [6, 6.07) is 0. The molecule has 7 heteroatoms. The zero-order chi connectivity index (χ0) is 13.1. The van der Waals surface area contributed by atoms with Crippen LogP contribution < -0.4 is 5.73 Å². The predicted molar refractivity (Wildman–Crippen MR) is 68.4 cm³/mol. The van der Waals surface area contributed by atoms with Gasteiger partial charge in [0.25, 0.3) is 0 Å². The number of carbonyl (C=O) groups is 2. The van der Waals surface area contributed by atoms with Crippen molar-refractivity contribution in [2.24, 2.45) is 11.7 Å². The van der Waals surface area contributed by atoms with Crippen LogP contribution in [0.3, 0.4) is 0 Å². The van der Waals surface area contributed by atoms with Crippen molar-refractivity contribution < 1.29 is 9.59 Å². The van der Waals surface area contributed by atoms with Gasteiger partial charge in [0.15, 0.2) is 0 Å². The second-order valence-corrected chi connectivity index (χ2v) is 5.35. The summed E-state index contributed by atoms with van der Waals surface area (Å²) < 4.78 is 2.41. The Balaban J connectivity index is 1.94. The van der Waals surface area contributed by atoms with Crippen LogP contribution in [0, 0.1) is 5.92 Å². The number of aromatic nitrogens is 2. The summed E-state index contributed by atoms with van der Waals surface area (Å²) in [6.45, 7) is 1.30. The summed E-state index contributed by atoms with van der Waals surface area (Å²) >= 11 is 3.28. The first kappa shape index (κ1) is 13.1. The predicted octanol–water partition coefficient (Wildman–Crippen LogP) is 0.369. The maximum atomic E-state index is 12.0. The van der Waals surface area contributed by atoms with Gasteiger partial charge >= 0.3 is 0 Å². The van der Waals surface area contributed by atoms with Gasteiger partial charge in [-0.15, -0.1) is 0 Å². The summed E-state index contributed by atoms with van der Waals surface area (Å²) in [6.07, 6.45) is 4.97. The normalized spacial score (nSPS) is 19.8. The third-order valence-corrected chi connectivity index (χ3v) is 3.48. The van der Waals surface area contributed by atoms with Crippen molar-refractivity contribution in [1.29, 1.82) is 0 Å². The maximum absolute atomic E-state index is 12.0. The lowest BCUT2D eigenvalue weighted by atomic mass is 9.97. The standard InChI is InChI=1S/C11H15BrN4O2/c12-9-4-14-16(6-9)7-10(17)15-3-1-2-8(5-15)11(13)18/h4,6,8H,1-3,5,7H2,(H2,13,18)/t8-/m1/s1. The fourth-order valence-corrected chi connectivity index (χ4v) is 2.43. The number of amides is 2. The summed E-state index contributed by atoms with van der Waals surface area (Å²) in [7, 11) is 0. The van der Waals surface area contributed by atoms with Crippen molar-refractivity contribution in [2.75, 3.05) is 13.1 Å². The number of primary amides is 1. The van der Waals surface area contributed by atoms with E-state index in [0.29, 0.717) is 13.1 Å². The Morgan fingerprint density at radius 2 is 2.33 bits per heavy atom. The first-order valence-corrected chi connectivity index (χ1v) is 6.60. The van der Waals surface area contributed by atoms with Crippen LogP contribution in [0.15, 0.2) is 16.9 Å². The van der Waals surface area contributed by atoms with Crippen molar-refractivity contribution in [3.8, 4) is 0 Å². The zero-order valence-corrected chi connectivity index (χ0v) is 11.5. The SMILES string of the molecule is NC(=O)[C@@H]1CCCN(C(=O)Cn2cc(Br)cn2)C1. The van der Waals surface area contributed by atoms with Crippen LogP contribution in [0.25, 0.3) is 0 Å². The van der Waals surface area contributed by atoms with E-state index < -0.39 is 0 Å². The van der Waals surface area contributed by atoms with E-state index in [9.17, 15) is 9.59 Å². The van der Waals surface area contributed by atoms with E-state index in [0.717, 1.165) is 17.3 Å². The highest BCUT2D eigenvalue weighted by Crippen LogP contribution is 2.16. The number of hydrogen-bond acceptors (Lipinski definition) is 3. The van der Waals surface area contributed by atoms with Gasteiger partial charge in [0, 0.05) is 19.3 Å². The molecule has 0 unspecified atom stereocenters. The first-order valence-electron chi connectivity index (χ1n) is 5.81. The van der Waals surface area contributed by atoms with E-state index in [1.807, 2.05) is 0 Å². The van der Waals surface area contributed by atoms with E-state index in [4.69, 9.17) is 5.73 Å². The van der Waals surface area contributed by atoms with Crippen LogP contribution in [-0.4, -0.2) is 39.6 Å². The topological polar surface area (TPSA) is 81.2 Å². The van der Waals surface area contributed by atoms with Crippen LogP contribution in [0.1, 0.15) is 12.8 Å². The molecule has 1 aliphatic heterocycles. The fraction of sp³-hybridized carbons (Fsp3) is 0.545. The Morgan fingerprint density at radius 3 is 2.94 bits per heavy atom. The molecule has 1 aromatic heterocycles. The maximum Gasteiger partial charge on any atom is 0.244 e. The lowest BCUT2D eigenvalue weighted by molar-refractivity contribution is -0.135. The van der Waals surface area contributed by atoms with Crippen molar-refractivity contribution >= 4 is 27.7 Å². The number of rotatable bonds is 3. The van der Waals surface area contributed by atoms with Crippen molar-refractivity contribution in [3.05, 3.63) is 16.9 Å². The highest BCUT2D eigenvalue weighted by molar-refractivity contribution is 9.10. The second-order valence-electron chi connectivity index (χ2n) is 4.44. The summed E-state index contributed by atoms with van der Waals surface area (Å²) in [5, 5.41) is 4.04. The molecule has 1 aliphatic rings. The summed E-state index contributed by atoms with van der Waals surface area (Å²) in [5.41, 5.74) is 5.28. The van der Waals surface area contributed by atoms with Gasteiger partial charge in [0.1, 0.15) is 6.54 Å². The molecule has 0 saturated carbocycles. The number of piperidine rings is 1. The Hall–Kier alpha value is -1.37. The molecule has 0 aliphatic carbocycles. The molecule has 0 spiro atoms. The molecule has 1 atom stereocenters. The molecule has 0 aromatic carbocycles. The lowest BCUT2D eigenvalue weighted by Gasteiger charge is -2.31. The number of nitrogens with two attached hydrogens (primary N) is 1. The Kier molecular flexibility index (Phi) is 4.00. The molecule has 6 nitrogen and oxygen atoms in total. The van der Waals surface area contributed by atoms with Gasteiger partial charge < -0.3 is 10.6 Å². The number of hydrogen-bond donors (Lipinski definition) is 1.